The average Bonchev–Trinajstić information content (AvgIpc) is 2.45. The quantitative estimate of drug-likeness (QED) is 0.853. The van der Waals surface area contributed by atoms with Gasteiger partial charge in [-0.3, -0.25) is 4.79 Å². The lowest BCUT2D eigenvalue weighted by Crippen LogP contribution is -2.50. The number of nitrogens with one attached hydrogen (secondary N) is 1. The van der Waals surface area contributed by atoms with E-state index in [-0.39, 0.29) is 17.3 Å². The van der Waals surface area contributed by atoms with Gasteiger partial charge in [-0.1, -0.05) is 6.42 Å². The molecule has 0 aliphatic carbocycles. The third-order valence-corrected chi connectivity index (χ3v) is 4.28. The van der Waals surface area contributed by atoms with E-state index in [0.717, 1.165) is 38.1 Å². The summed E-state index contributed by atoms with van der Waals surface area (Å²) < 4.78 is 37.2. The second-order valence-electron chi connectivity index (χ2n) is 5.82. The Balaban J connectivity index is 1.73. The number of ketones is 1. The first-order valence-electron chi connectivity index (χ1n) is 7.13. The summed E-state index contributed by atoms with van der Waals surface area (Å²) >= 11 is 0. The number of halogens is 3. The van der Waals surface area contributed by atoms with Crippen molar-refractivity contribution in [3.05, 3.63) is 23.8 Å². The molecule has 2 bridgehead atoms. The van der Waals surface area contributed by atoms with E-state index in [1.54, 1.807) is 0 Å². The van der Waals surface area contributed by atoms with E-state index >= 15 is 0 Å². The van der Waals surface area contributed by atoms with Crippen LogP contribution in [0.2, 0.25) is 0 Å². The number of aromatic nitrogens is 2. The first kappa shape index (κ1) is 14.4. The molecular formula is C14H16F3N3O. The number of alkyl halides is 3. The SMILES string of the molecule is O=C(c1cnc(C(F)(F)F)nc1)C1CC2CCCC(C1)N2. The van der Waals surface area contributed by atoms with Gasteiger partial charge in [0.15, 0.2) is 5.78 Å². The Morgan fingerprint density at radius 2 is 1.71 bits per heavy atom. The molecule has 1 aromatic rings. The Morgan fingerprint density at radius 1 is 1.14 bits per heavy atom. The van der Waals surface area contributed by atoms with Crippen molar-refractivity contribution in [2.24, 2.45) is 5.92 Å². The van der Waals surface area contributed by atoms with E-state index in [0.29, 0.717) is 12.1 Å². The summed E-state index contributed by atoms with van der Waals surface area (Å²) in [5.41, 5.74) is 0.174. The number of nitrogens with zero attached hydrogens (tertiary/aromatic N) is 2. The zero-order valence-electron chi connectivity index (χ0n) is 11.4. The van der Waals surface area contributed by atoms with Gasteiger partial charge in [-0.2, -0.15) is 13.2 Å². The molecule has 1 aromatic heterocycles. The molecule has 3 rings (SSSR count). The Labute approximate surface area is 120 Å². The third kappa shape index (κ3) is 3.07. The number of Topliss-reactive ketones (excluding diaryl/α,β-unsaturated/α-hetero) is 1. The standard InChI is InChI=1S/C14H16F3N3O/c15-14(16,17)13-18-6-9(7-19-13)12(21)8-4-10-2-1-3-11(5-8)20-10/h6-8,10-11,20H,1-5H2. The van der Waals surface area contributed by atoms with E-state index in [1.807, 2.05) is 0 Å². The van der Waals surface area contributed by atoms with E-state index < -0.39 is 12.0 Å². The fourth-order valence-electron chi connectivity index (χ4n) is 3.32. The van der Waals surface area contributed by atoms with Crippen LogP contribution in [0.15, 0.2) is 12.4 Å². The number of hydrogen-bond acceptors (Lipinski definition) is 4. The number of carbonyl (C=O) groups excluding carboxylic acids is 1. The van der Waals surface area contributed by atoms with E-state index in [2.05, 4.69) is 15.3 Å². The topological polar surface area (TPSA) is 54.9 Å². The van der Waals surface area contributed by atoms with Gasteiger partial charge >= 0.3 is 6.18 Å². The van der Waals surface area contributed by atoms with Crippen molar-refractivity contribution in [2.45, 2.75) is 50.4 Å². The molecule has 2 fully saturated rings. The zero-order chi connectivity index (χ0) is 15.0. The summed E-state index contributed by atoms with van der Waals surface area (Å²) in [5.74, 6) is -1.48. The van der Waals surface area contributed by atoms with Gasteiger partial charge in [0, 0.05) is 30.4 Å². The molecular weight excluding hydrogens is 283 g/mol. The fourth-order valence-corrected chi connectivity index (χ4v) is 3.32. The maximum absolute atomic E-state index is 12.4. The van der Waals surface area contributed by atoms with Gasteiger partial charge in [0.2, 0.25) is 5.82 Å². The van der Waals surface area contributed by atoms with Crippen LogP contribution in [0.25, 0.3) is 0 Å². The number of carbonyl (C=O) groups is 1. The number of fused-ring (bicyclic) bond motifs is 2. The maximum Gasteiger partial charge on any atom is 0.451 e. The van der Waals surface area contributed by atoms with Gasteiger partial charge in [-0.05, 0) is 25.7 Å². The molecule has 1 N–H and O–H groups in total. The summed E-state index contributed by atoms with van der Waals surface area (Å²) in [7, 11) is 0. The number of rotatable bonds is 2. The van der Waals surface area contributed by atoms with Crippen molar-refractivity contribution in [3.63, 3.8) is 0 Å². The molecule has 3 heterocycles. The summed E-state index contributed by atoms with van der Waals surface area (Å²) in [6, 6.07) is 0.698. The molecule has 114 valence electrons. The molecule has 2 unspecified atom stereocenters. The zero-order valence-corrected chi connectivity index (χ0v) is 11.4. The summed E-state index contributed by atoms with van der Waals surface area (Å²) in [5, 5.41) is 3.49. The normalized spacial score (nSPS) is 29.2. The van der Waals surface area contributed by atoms with Crippen LogP contribution in [0.4, 0.5) is 13.2 Å². The van der Waals surface area contributed by atoms with E-state index in [9.17, 15) is 18.0 Å². The van der Waals surface area contributed by atoms with Gasteiger partial charge in [-0.25, -0.2) is 9.97 Å². The lowest BCUT2D eigenvalue weighted by molar-refractivity contribution is -0.145. The predicted molar refractivity (Wildman–Crippen MR) is 68.7 cm³/mol. The molecule has 2 atom stereocenters. The average molecular weight is 299 g/mol. The second-order valence-corrected chi connectivity index (χ2v) is 5.82. The Hall–Kier alpha value is -1.50. The fraction of sp³-hybridized carbons (Fsp3) is 0.643. The smallest absolute Gasteiger partial charge is 0.311 e. The minimum Gasteiger partial charge on any atom is -0.311 e. The molecule has 4 nitrogen and oxygen atoms in total. The minimum atomic E-state index is -4.58. The molecule has 0 spiro atoms. The van der Waals surface area contributed by atoms with Crippen molar-refractivity contribution in [1.29, 1.82) is 0 Å². The van der Waals surface area contributed by atoms with E-state index in [1.165, 1.54) is 6.42 Å². The second kappa shape index (κ2) is 5.36. The lowest BCUT2D eigenvalue weighted by atomic mass is 9.77. The largest absolute Gasteiger partial charge is 0.451 e. The van der Waals surface area contributed by atoms with Crippen LogP contribution in [0.5, 0.6) is 0 Å². The predicted octanol–water partition coefficient (Wildman–Crippen LogP) is 2.60. The molecule has 2 saturated heterocycles. The van der Waals surface area contributed by atoms with Crippen molar-refractivity contribution in [2.75, 3.05) is 0 Å². The van der Waals surface area contributed by atoms with Crippen molar-refractivity contribution in [3.8, 4) is 0 Å². The van der Waals surface area contributed by atoms with Crippen LogP contribution in [-0.2, 0) is 6.18 Å². The van der Waals surface area contributed by atoms with Crippen LogP contribution in [0.3, 0.4) is 0 Å². The molecule has 0 amide bonds. The third-order valence-electron chi connectivity index (χ3n) is 4.28. The van der Waals surface area contributed by atoms with Crippen molar-refractivity contribution < 1.29 is 18.0 Å². The van der Waals surface area contributed by atoms with Crippen molar-refractivity contribution in [1.82, 2.24) is 15.3 Å². The molecule has 0 aromatic carbocycles. The summed E-state index contributed by atoms with van der Waals surface area (Å²) in [6.07, 6.45) is 2.20. The van der Waals surface area contributed by atoms with Crippen LogP contribution >= 0.6 is 0 Å². The Bertz CT molecular complexity index is 517. The molecule has 2 aliphatic heterocycles. The van der Waals surface area contributed by atoms with Crippen LogP contribution < -0.4 is 5.32 Å². The Kier molecular flexibility index (Phi) is 3.69. The van der Waals surface area contributed by atoms with Crippen LogP contribution in [0.1, 0.15) is 48.3 Å². The first-order valence-corrected chi connectivity index (χ1v) is 7.13. The van der Waals surface area contributed by atoms with Crippen LogP contribution in [0, 0.1) is 5.92 Å². The van der Waals surface area contributed by atoms with Gasteiger partial charge in [-0.15, -0.1) is 0 Å². The van der Waals surface area contributed by atoms with Crippen molar-refractivity contribution >= 4 is 5.78 Å². The highest BCUT2D eigenvalue weighted by atomic mass is 19.4. The Morgan fingerprint density at radius 3 is 2.24 bits per heavy atom. The number of hydrogen-bond donors (Lipinski definition) is 1. The summed E-state index contributed by atoms with van der Waals surface area (Å²) in [6.45, 7) is 0. The number of piperidine rings is 2. The van der Waals surface area contributed by atoms with Gasteiger partial charge in [0.1, 0.15) is 0 Å². The van der Waals surface area contributed by atoms with Gasteiger partial charge in [0.25, 0.3) is 0 Å². The lowest BCUT2D eigenvalue weighted by Gasteiger charge is -2.39. The first-order chi connectivity index (χ1) is 9.93. The van der Waals surface area contributed by atoms with Gasteiger partial charge < -0.3 is 5.32 Å². The highest BCUT2D eigenvalue weighted by Gasteiger charge is 2.37. The monoisotopic (exact) mass is 299 g/mol. The molecule has 0 radical (unpaired) electrons. The molecule has 0 saturated carbocycles. The summed E-state index contributed by atoms with van der Waals surface area (Å²) in [4.78, 5) is 18.9. The highest BCUT2D eigenvalue weighted by Crippen LogP contribution is 2.32. The molecule has 7 heteroatoms. The van der Waals surface area contributed by atoms with Gasteiger partial charge in [0.05, 0.1) is 5.56 Å². The maximum atomic E-state index is 12.4. The highest BCUT2D eigenvalue weighted by molar-refractivity contribution is 5.97. The van der Waals surface area contributed by atoms with Crippen LogP contribution in [-0.4, -0.2) is 27.8 Å². The molecule has 21 heavy (non-hydrogen) atoms. The molecule has 2 aliphatic rings. The minimum absolute atomic E-state index is 0.137. The van der Waals surface area contributed by atoms with E-state index in [4.69, 9.17) is 0 Å².